The van der Waals surface area contributed by atoms with E-state index in [0.29, 0.717) is 50.4 Å². The first-order chi connectivity index (χ1) is 24.9. The van der Waals surface area contributed by atoms with Crippen LogP contribution < -0.4 is 18.9 Å². The van der Waals surface area contributed by atoms with Gasteiger partial charge in [-0.05, 0) is 72.5 Å². The molecule has 2 atom stereocenters. The van der Waals surface area contributed by atoms with Gasteiger partial charge in [0.05, 0.1) is 0 Å². The van der Waals surface area contributed by atoms with Gasteiger partial charge in [0.25, 0.3) is 0 Å². The van der Waals surface area contributed by atoms with E-state index in [-0.39, 0.29) is 24.3 Å². The minimum Gasteiger partial charge on any atom is -0.489 e. The lowest BCUT2D eigenvalue weighted by Gasteiger charge is -2.19. The van der Waals surface area contributed by atoms with E-state index in [1.807, 2.05) is 60.7 Å². The number of halogens is 6. The van der Waals surface area contributed by atoms with Crippen molar-refractivity contribution < 1.29 is 54.9 Å². The second kappa shape index (κ2) is 19.6. The van der Waals surface area contributed by atoms with E-state index in [2.05, 4.69) is 0 Å². The summed E-state index contributed by atoms with van der Waals surface area (Å²) < 4.78 is 104. The SMILES string of the molecule is O=C(Oc1ccc(OCc2ccccc2)cc1)C(CCCCCCCCC(C(=O)Oc1ccc(OCc2ccccc2)cc1)C(F)(F)F)C(F)(F)F. The third-order valence-electron chi connectivity index (χ3n) is 8.18. The zero-order valence-electron chi connectivity index (χ0n) is 28.3. The molecule has 0 amide bonds. The van der Waals surface area contributed by atoms with Crippen LogP contribution in [-0.2, 0) is 22.8 Å². The first kappa shape index (κ1) is 39.8. The molecule has 0 fully saturated rings. The average molecular weight is 731 g/mol. The number of unbranched alkanes of at least 4 members (excludes halogenated alkanes) is 5. The number of rotatable bonds is 19. The predicted molar refractivity (Wildman–Crippen MR) is 182 cm³/mol. The number of alkyl halides is 6. The van der Waals surface area contributed by atoms with E-state index < -0.39 is 49.0 Å². The van der Waals surface area contributed by atoms with E-state index in [1.54, 1.807) is 0 Å². The van der Waals surface area contributed by atoms with E-state index in [4.69, 9.17) is 18.9 Å². The Morgan fingerprint density at radius 1 is 0.442 bits per heavy atom. The third kappa shape index (κ3) is 13.6. The molecule has 0 bridgehead atoms. The Balaban J connectivity index is 1.14. The molecule has 52 heavy (non-hydrogen) atoms. The van der Waals surface area contributed by atoms with Crippen LogP contribution in [0.1, 0.15) is 62.5 Å². The van der Waals surface area contributed by atoms with Gasteiger partial charge in [-0.25, -0.2) is 0 Å². The Bertz CT molecular complexity index is 1520. The molecule has 0 heterocycles. The van der Waals surface area contributed by atoms with Gasteiger partial charge in [-0.15, -0.1) is 0 Å². The summed E-state index contributed by atoms with van der Waals surface area (Å²) in [5.41, 5.74) is 1.87. The first-order valence-corrected chi connectivity index (χ1v) is 17.0. The molecule has 4 aromatic rings. The summed E-state index contributed by atoms with van der Waals surface area (Å²) in [6, 6.07) is 30.1. The van der Waals surface area contributed by atoms with Gasteiger partial charge in [-0.1, -0.05) is 99.2 Å². The van der Waals surface area contributed by atoms with Crippen LogP contribution in [0.25, 0.3) is 0 Å². The van der Waals surface area contributed by atoms with Gasteiger partial charge in [0, 0.05) is 0 Å². The minimum absolute atomic E-state index is 0.0469. The largest absolute Gasteiger partial charge is 0.489 e. The van der Waals surface area contributed by atoms with Crippen molar-refractivity contribution in [1.82, 2.24) is 0 Å². The van der Waals surface area contributed by atoms with E-state index in [9.17, 15) is 35.9 Å². The minimum atomic E-state index is -4.81. The van der Waals surface area contributed by atoms with Crippen molar-refractivity contribution in [3.05, 3.63) is 120 Å². The number of hydrogen-bond acceptors (Lipinski definition) is 6. The molecule has 0 aromatic heterocycles. The number of benzene rings is 4. The van der Waals surface area contributed by atoms with Gasteiger partial charge >= 0.3 is 24.3 Å². The van der Waals surface area contributed by atoms with E-state index in [1.165, 1.54) is 48.5 Å². The lowest BCUT2D eigenvalue weighted by molar-refractivity contribution is -0.194. The molecule has 0 spiro atoms. The fourth-order valence-corrected chi connectivity index (χ4v) is 5.30. The highest BCUT2D eigenvalue weighted by atomic mass is 19.4. The van der Waals surface area contributed by atoms with Crippen LogP contribution in [0.5, 0.6) is 23.0 Å². The van der Waals surface area contributed by atoms with Crippen molar-refractivity contribution in [2.75, 3.05) is 0 Å². The van der Waals surface area contributed by atoms with Gasteiger partial charge in [0.2, 0.25) is 0 Å². The molecule has 0 saturated heterocycles. The second-order valence-electron chi connectivity index (χ2n) is 12.2. The number of hydrogen-bond donors (Lipinski definition) is 0. The number of ether oxygens (including phenoxy) is 4. The second-order valence-corrected chi connectivity index (χ2v) is 12.2. The average Bonchev–Trinajstić information content (AvgIpc) is 3.11. The Kier molecular flexibility index (Phi) is 15.0. The lowest BCUT2D eigenvalue weighted by Crippen LogP contribution is -2.34. The van der Waals surface area contributed by atoms with E-state index >= 15 is 0 Å². The normalized spacial score (nSPS) is 12.8. The zero-order valence-corrected chi connectivity index (χ0v) is 28.3. The van der Waals surface area contributed by atoms with Crippen LogP contribution in [0, 0.1) is 11.8 Å². The quantitative estimate of drug-likeness (QED) is 0.0414. The molecule has 4 rings (SSSR count). The molecular weight excluding hydrogens is 690 g/mol. The van der Waals surface area contributed by atoms with Crippen LogP contribution in [0.3, 0.4) is 0 Å². The monoisotopic (exact) mass is 730 g/mol. The molecule has 0 radical (unpaired) electrons. The summed E-state index contributed by atoms with van der Waals surface area (Å²) in [7, 11) is 0. The summed E-state index contributed by atoms with van der Waals surface area (Å²) in [4.78, 5) is 24.9. The molecule has 0 aliphatic heterocycles. The van der Waals surface area contributed by atoms with Crippen molar-refractivity contribution in [2.24, 2.45) is 11.8 Å². The number of carbonyl (C=O) groups excluding carboxylic acids is 2. The Morgan fingerprint density at radius 3 is 1.08 bits per heavy atom. The Morgan fingerprint density at radius 2 is 0.750 bits per heavy atom. The summed E-state index contributed by atoms with van der Waals surface area (Å²) in [5, 5.41) is 0. The maximum atomic E-state index is 13.7. The standard InChI is InChI=1S/C40H40F6O6/c41-39(42,43)35(37(47)51-33-23-19-31(20-24-33)49-27-29-13-7-5-8-14-29)17-11-3-1-2-4-12-18-36(40(44,45)46)38(48)52-34-25-21-32(22-26-34)50-28-30-15-9-6-10-16-30/h5-10,13-16,19-26,35-36H,1-4,11-12,17-18,27-28H2. The molecule has 0 aliphatic rings. The molecule has 6 nitrogen and oxygen atoms in total. The molecule has 12 heteroatoms. The van der Waals surface area contributed by atoms with Gasteiger partial charge in [0.1, 0.15) is 36.2 Å². The van der Waals surface area contributed by atoms with Gasteiger partial charge < -0.3 is 18.9 Å². The lowest BCUT2D eigenvalue weighted by atomic mass is 9.97. The van der Waals surface area contributed by atoms with E-state index in [0.717, 1.165) is 11.1 Å². The number of carbonyl (C=O) groups is 2. The van der Waals surface area contributed by atoms with Gasteiger partial charge in [0.15, 0.2) is 11.8 Å². The summed E-state index contributed by atoms with van der Waals surface area (Å²) in [6.45, 7) is 0.587. The highest BCUT2D eigenvalue weighted by molar-refractivity contribution is 5.76. The molecule has 278 valence electrons. The van der Waals surface area contributed by atoms with Crippen LogP contribution in [0.4, 0.5) is 26.3 Å². The number of esters is 2. The van der Waals surface area contributed by atoms with Crippen molar-refractivity contribution in [3.63, 3.8) is 0 Å². The maximum Gasteiger partial charge on any atom is 0.402 e. The van der Waals surface area contributed by atoms with Crippen molar-refractivity contribution in [1.29, 1.82) is 0 Å². The Hall–Kier alpha value is -5.00. The maximum absolute atomic E-state index is 13.7. The molecule has 0 saturated carbocycles. The van der Waals surface area contributed by atoms with Crippen LogP contribution >= 0.6 is 0 Å². The zero-order chi connectivity index (χ0) is 37.4. The van der Waals surface area contributed by atoms with Gasteiger partial charge in [-0.3, -0.25) is 9.59 Å². The topological polar surface area (TPSA) is 71.1 Å². The van der Waals surface area contributed by atoms with Crippen molar-refractivity contribution >= 4 is 11.9 Å². The summed E-state index contributed by atoms with van der Waals surface area (Å²) in [5.74, 6) is -6.65. The molecule has 4 aromatic carbocycles. The predicted octanol–water partition coefficient (Wildman–Crippen LogP) is 10.8. The molecular formula is C40H40F6O6. The van der Waals surface area contributed by atoms with Crippen LogP contribution in [-0.4, -0.2) is 24.3 Å². The fraction of sp³-hybridized carbons (Fsp3) is 0.350. The Labute approximate surface area is 298 Å². The smallest absolute Gasteiger partial charge is 0.402 e. The molecule has 0 aliphatic carbocycles. The first-order valence-electron chi connectivity index (χ1n) is 17.0. The van der Waals surface area contributed by atoms with Crippen LogP contribution in [0.2, 0.25) is 0 Å². The van der Waals surface area contributed by atoms with Gasteiger partial charge in [-0.2, -0.15) is 26.3 Å². The highest BCUT2D eigenvalue weighted by Crippen LogP contribution is 2.34. The fourth-order valence-electron chi connectivity index (χ4n) is 5.30. The molecule has 2 unspecified atom stereocenters. The third-order valence-corrected chi connectivity index (χ3v) is 8.18. The van der Waals surface area contributed by atoms with Crippen molar-refractivity contribution in [3.8, 4) is 23.0 Å². The summed E-state index contributed by atoms with van der Waals surface area (Å²) in [6.07, 6.45) is -8.88. The van der Waals surface area contributed by atoms with Crippen LogP contribution in [0.15, 0.2) is 109 Å². The van der Waals surface area contributed by atoms with Crippen molar-refractivity contribution in [2.45, 2.75) is 76.9 Å². The highest BCUT2D eigenvalue weighted by Gasteiger charge is 2.46. The molecule has 0 N–H and O–H groups in total. The summed E-state index contributed by atoms with van der Waals surface area (Å²) >= 11 is 0.